The maximum atomic E-state index is 6.92. The van der Waals surface area contributed by atoms with Gasteiger partial charge in [-0.25, -0.2) is 15.0 Å². The van der Waals surface area contributed by atoms with Gasteiger partial charge < -0.3 is 8.98 Å². The van der Waals surface area contributed by atoms with E-state index in [2.05, 4.69) is 187 Å². The van der Waals surface area contributed by atoms with E-state index in [9.17, 15) is 0 Å². The van der Waals surface area contributed by atoms with Crippen LogP contribution in [-0.4, -0.2) is 19.5 Å². The molecule has 12 aromatic rings. The zero-order valence-electron chi connectivity index (χ0n) is 32.3. The molecule has 3 heterocycles. The minimum atomic E-state index is 0.571. The molecule has 0 spiro atoms. The van der Waals surface area contributed by atoms with E-state index in [-0.39, 0.29) is 0 Å². The fraction of sp³-hybridized carbons (Fsp3) is 0. The monoisotopic (exact) mass is 766 g/mol. The van der Waals surface area contributed by atoms with Crippen LogP contribution in [0.3, 0.4) is 0 Å². The Morgan fingerprint density at radius 1 is 0.350 bits per heavy atom. The second-order valence-corrected chi connectivity index (χ2v) is 15.2. The Balaban J connectivity index is 1.12. The molecule has 5 heteroatoms. The van der Waals surface area contributed by atoms with Crippen LogP contribution < -0.4 is 0 Å². The van der Waals surface area contributed by atoms with Crippen molar-refractivity contribution in [3.8, 4) is 62.1 Å². The lowest BCUT2D eigenvalue weighted by Gasteiger charge is -2.13. The quantitative estimate of drug-likeness (QED) is 0.169. The Hall–Kier alpha value is -8.15. The summed E-state index contributed by atoms with van der Waals surface area (Å²) in [5.41, 5.74) is 11.9. The third kappa shape index (κ3) is 5.59. The first-order valence-corrected chi connectivity index (χ1v) is 20.2. The Kier molecular flexibility index (Phi) is 7.78. The molecule has 9 aromatic carbocycles. The second kappa shape index (κ2) is 13.8. The Morgan fingerprint density at radius 3 is 1.57 bits per heavy atom. The van der Waals surface area contributed by atoms with Gasteiger partial charge in [0.15, 0.2) is 23.1 Å². The third-order valence-corrected chi connectivity index (χ3v) is 11.6. The van der Waals surface area contributed by atoms with Gasteiger partial charge in [0.25, 0.3) is 0 Å². The summed E-state index contributed by atoms with van der Waals surface area (Å²) in [6.07, 6.45) is 0. The smallest absolute Gasteiger partial charge is 0.164 e. The standard InChI is InChI=1S/C55H34N4O/c1-3-15-35(16-4-1)37-21-13-23-41(31-37)53-56-54(42-24-14-22-38(32-42)36-17-5-2-6-18-36)58-55(57-53)45-29-30-48(52-51(45)44-26-10-12-28-50(44)60-52)59-47-27-11-9-25-43(47)46-33-39-19-7-8-20-40(39)34-49(46)59/h1-34H. The summed E-state index contributed by atoms with van der Waals surface area (Å²) in [7, 11) is 0. The minimum absolute atomic E-state index is 0.571. The largest absolute Gasteiger partial charge is 0.454 e. The molecule has 0 saturated heterocycles. The predicted octanol–water partition coefficient (Wildman–Crippen LogP) is 14.4. The molecule has 0 fully saturated rings. The maximum absolute atomic E-state index is 6.92. The molecule has 0 atom stereocenters. The van der Waals surface area contributed by atoms with E-state index < -0.39 is 0 Å². The highest BCUT2D eigenvalue weighted by Gasteiger charge is 2.23. The van der Waals surface area contributed by atoms with E-state index >= 15 is 0 Å². The lowest BCUT2D eigenvalue weighted by atomic mass is 10.0. The topological polar surface area (TPSA) is 56.7 Å². The van der Waals surface area contributed by atoms with Crippen LogP contribution in [0.4, 0.5) is 0 Å². The number of benzene rings is 9. The van der Waals surface area contributed by atoms with Crippen molar-refractivity contribution >= 4 is 54.5 Å². The summed E-state index contributed by atoms with van der Waals surface area (Å²) in [6, 6.07) is 72.1. The summed E-state index contributed by atoms with van der Waals surface area (Å²) in [6.45, 7) is 0. The maximum Gasteiger partial charge on any atom is 0.164 e. The summed E-state index contributed by atoms with van der Waals surface area (Å²) >= 11 is 0. The highest BCUT2D eigenvalue weighted by atomic mass is 16.3. The fourth-order valence-corrected chi connectivity index (χ4v) is 8.78. The lowest BCUT2D eigenvalue weighted by molar-refractivity contribution is 0.666. The van der Waals surface area contributed by atoms with Crippen molar-refractivity contribution in [2.75, 3.05) is 0 Å². The van der Waals surface area contributed by atoms with E-state index in [1.54, 1.807) is 0 Å². The van der Waals surface area contributed by atoms with Gasteiger partial charge in [-0.2, -0.15) is 0 Å². The molecular weight excluding hydrogens is 733 g/mol. The van der Waals surface area contributed by atoms with Gasteiger partial charge >= 0.3 is 0 Å². The summed E-state index contributed by atoms with van der Waals surface area (Å²) in [4.78, 5) is 15.8. The van der Waals surface area contributed by atoms with Gasteiger partial charge in [-0.1, -0.05) is 158 Å². The molecule has 12 rings (SSSR count). The van der Waals surface area contributed by atoms with Gasteiger partial charge in [0, 0.05) is 38.2 Å². The van der Waals surface area contributed by atoms with Gasteiger partial charge in [0.2, 0.25) is 0 Å². The molecule has 0 amide bonds. The molecule has 0 aliphatic heterocycles. The van der Waals surface area contributed by atoms with E-state index in [1.807, 2.05) is 24.3 Å². The number of hydrogen-bond acceptors (Lipinski definition) is 4. The summed E-state index contributed by atoms with van der Waals surface area (Å²) in [5.74, 6) is 1.76. The van der Waals surface area contributed by atoms with Crippen LogP contribution in [0, 0.1) is 0 Å². The number of fused-ring (bicyclic) bond motifs is 7. The highest BCUT2D eigenvalue weighted by molar-refractivity contribution is 6.17. The summed E-state index contributed by atoms with van der Waals surface area (Å²) < 4.78 is 9.27. The molecule has 0 radical (unpaired) electrons. The number of aromatic nitrogens is 4. The van der Waals surface area contributed by atoms with Crippen LogP contribution in [0.5, 0.6) is 0 Å². The van der Waals surface area contributed by atoms with Crippen LogP contribution in [0.1, 0.15) is 0 Å². The average Bonchev–Trinajstić information content (AvgIpc) is 3.87. The van der Waals surface area contributed by atoms with Crippen molar-refractivity contribution in [3.05, 3.63) is 206 Å². The Labute approximate surface area is 345 Å². The van der Waals surface area contributed by atoms with Crippen molar-refractivity contribution in [3.63, 3.8) is 0 Å². The first-order valence-electron chi connectivity index (χ1n) is 20.2. The number of rotatable bonds is 6. The van der Waals surface area contributed by atoms with Gasteiger partial charge in [-0.15, -0.1) is 0 Å². The summed E-state index contributed by atoms with van der Waals surface area (Å²) in [5, 5.41) is 6.73. The minimum Gasteiger partial charge on any atom is -0.454 e. The highest BCUT2D eigenvalue weighted by Crippen LogP contribution is 2.43. The predicted molar refractivity (Wildman–Crippen MR) is 246 cm³/mol. The van der Waals surface area contributed by atoms with E-state index in [0.717, 1.165) is 77.6 Å². The fourth-order valence-electron chi connectivity index (χ4n) is 8.78. The molecule has 0 unspecified atom stereocenters. The van der Waals surface area contributed by atoms with E-state index in [0.29, 0.717) is 17.5 Å². The van der Waals surface area contributed by atoms with Crippen molar-refractivity contribution < 1.29 is 4.42 Å². The van der Waals surface area contributed by atoms with E-state index in [1.165, 1.54) is 21.5 Å². The van der Waals surface area contributed by atoms with Crippen molar-refractivity contribution in [1.29, 1.82) is 0 Å². The van der Waals surface area contributed by atoms with Crippen LogP contribution in [0.2, 0.25) is 0 Å². The molecule has 0 N–H and O–H groups in total. The molecule has 0 aliphatic carbocycles. The molecule has 60 heavy (non-hydrogen) atoms. The Bertz CT molecular complexity index is 3500. The molecule has 0 aliphatic rings. The SMILES string of the molecule is c1ccc(-c2cccc(-c3nc(-c4cccc(-c5ccccc5)c4)nc(-c4ccc(-n5c6ccccc6c6cc7ccccc7cc65)c5oc6ccccc6c45)n3)c2)cc1. The molecule has 3 aromatic heterocycles. The average molecular weight is 767 g/mol. The van der Waals surface area contributed by atoms with Crippen LogP contribution in [0.15, 0.2) is 211 Å². The first kappa shape index (κ1) is 33.9. The normalized spacial score (nSPS) is 11.7. The van der Waals surface area contributed by atoms with Crippen LogP contribution >= 0.6 is 0 Å². The van der Waals surface area contributed by atoms with Gasteiger partial charge in [-0.05, 0) is 81.6 Å². The number of nitrogens with zero attached hydrogens (tertiary/aromatic N) is 4. The van der Waals surface area contributed by atoms with Crippen molar-refractivity contribution in [2.24, 2.45) is 0 Å². The van der Waals surface area contributed by atoms with Crippen LogP contribution in [-0.2, 0) is 0 Å². The van der Waals surface area contributed by atoms with Gasteiger partial charge in [0.1, 0.15) is 5.58 Å². The zero-order valence-corrected chi connectivity index (χ0v) is 32.3. The number of para-hydroxylation sites is 2. The second-order valence-electron chi connectivity index (χ2n) is 15.2. The number of furan rings is 1. The number of hydrogen-bond donors (Lipinski definition) is 0. The third-order valence-electron chi connectivity index (χ3n) is 11.6. The Morgan fingerprint density at radius 2 is 0.883 bits per heavy atom. The van der Waals surface area contributed by atoms with Crippen LogP contribution in [0.25, 0.3) is 117 Å². The van der Waals surface area contributed by atoms with Gasteiger partial charge in [-0.3, -0.25) is 0 Å². The van der Waals surface area contributed by atoms with Crippen molar-refractivity contribution in [2.45, 2.75) is 0 Å². The zero-order chi connectivity index (χ0) is 39.6. The van der Waals surface area contributed by atoms with Gasteiger partial charge in [0.05, 0.1) is 16.7 Å². The lowest BCUT2D eigenvalue weighted by Crippen LogP contribution is -2.01. The van der Waals surface area contributed by atoms with Crippen molar-refractivity contribution in [1.82, 2.24) is 19.5 Å². The molecule has 5 nitrogen and oxygen atoms in total. The molecular formula is C55H34N4O. The first-order chi connectivity index (χ1) is 29.7. The molecule has 280 valence electrons. The molecule has 0 saturated carbocycles. The van der Waals surface area contributed by atoms with E-state index in [4.69, 9.17) is 19.4 Å². The molecule has 0 bridgehead atoms.